The Kier molecular flexibility index (Phi) is 4.74. The molecule has 0 saturated heterocycles. The van der Waals surface area contributed by atoms with E-state index in [1.54, 1.807) is 7.05 Å². The minimum atomic E-state index is -0.877. The van der Waals surface area contributed by atoms with Crippen LogP contribution < -0.4 is 10.6 Å². The molecule has 4 nitrogen and oxygen atoms in total. The van der Waals surface area contributed by atoms with Gasteiger partial charge < -0.3 is 10.6 Å². The lowest BCUT2D eigenvalue weighted by Crippen LogP contribution is -2.14. The van der Waals surface area contributed by atoms with E-state index >= 15 is 0 Å². The fourth-order valence-electron chi connectivity index (χ4n) is 1.57. The van der Waals surface area contributed by atoms with Gasteiger partial charge in [-0.3, -0.25) is 4.79 Å². The summed E-state index contributed by atoms with van der Waals surface area (Å²) in [6, 6.07) is 4.62. The molecule has 0 saturated carbocycles. The third kappa shape index (κ3) is 3.68. The molecule has 0 aliphatic rings. The van der Waals surface area contributed by atoms with Crippen molar-refractivity contribution in [2.45, 2.75) is 0 Å². The van der Waals surface area contributed by atoms with Crippen molar-refractivity contribution in [3.8, 4) is 0 Å². The van der Waals surface area contributed by atoms with Gasteiger partial charge in [0.2, 0.25) is 0 Å². The maximum atomic E-state index is 13.6. The molecule has 0 aliphatic carbocycles. The number of hydrogen-bond donors (Lipinski definition) is 2. The molecule has 21 heavy (non-hydrogen) atoms. The summed E-state index contributed by atoms with van der Waals surface area (Å²) in [5.74, 6) is -1.82. The van der Waals surface area contributed by atoms with Gasteiger partial charge in [-0.25, -0.2) is 13.8 Å². The predicted octanol–water partition coefficient (Wildman–Crippen LogP) is 4.07. The monoisotopic (exact) mass is 375 g/mol. The third-order valence-corrected chi connectivity index (χ3v) is 3.37. The highest BCUT2D eigenvalue weighted by atomic mass is 79.9. The second kappa shape index (κ2) is 6.36. The van der Waals surface area contributed by atoms with Crippen LogP contribution in [0.3, 0.4) is 0 Å². The molecule has 1 amide bonds. The summed E-state index contributed by atoms with van der Waals surface area (Å²) in [5, 5.41) is 5.21. The number of benzene rings is 1. The lowest BCUT2D eigenvalue weighted by atomic mass is 10.2. The van der Waals surface area contributed by atoms with Crippen LogP contribution >= 0.6 is 27.5 Å². The van der Waals surface area contributed by atoms with Gasteiger partial charge in [0.25, 0.3) is 5.91 Å². The number of nitrogens with one attached hydrogen (secondary N) is 2. The van der Waals surface area contributed by atoms with Gasteiger partial charge in [-0.05, 0) is 34.1 Å². The Morgan fingerprint density at radius 2 is 1.95 bits per heavy atom. The Hall–Kier alpha value is -1.73. The number of pyridine rings is 1. The maximum absolute atomic E-state index is 13.6. The fourth-order valence-corrected chi connectivity index (χ4v) is 2.12. The van der Waals surface area contributed by atoms with E-state index in [4.69, 9.17) is 11.6 Å². The van der Waals surface area contributed by atoms with E-state index in [-0.39, 0.29) is 20.9 Å². The Labute approximate surface area is 132 Å². The summed E-state index contributed by atoms with van der Waals surface area (Å²) >= 11 is 8.72. The topological polar surface area (TPSA) is 54.0 Å². The molecule has 2 N–H and O–H groups in total. The lowest BCUT2D eigenvalue weighted by molar-refractivity contribution is 0.102. The molecule has 0 spiro atoms. The highest BCUT2D eigenvalue weighted by Crippen LogP contribution is 2.24. The zero-order valence-electron chi connectivity index (χ0n) is 10.7. The SMILES string of the molecule is CNc1cc(C(=O)Nc2cc(Br)c(F)cc2F)cc(Cl)n1. The summed E-state index contributed by atoms with van der Waals surface area (Å²) in [7, 11) is 1.62. The molecular formula is C13H9BrClF2N3O. The van der Waals surface area contributed by atoms with E-state index < -0.39 is 17.5 Å². The molecule has 0 aliphatic heterocycles. The summed E-state index contributed by atoms with van der Waals surface area (Å²) in [6.45, 7) is 0. The molecule has 1 heterocycles. The van der Waals surface area contributed by atoms with Crippen LogP contribution in [0, 0.1) is 11.6 Å². The van der Waals surface area contributed by atoms with Crippen LogP contribution in [-0.4, -0.2) is 17.9 Å². The second-order valence-electron chi connectivity index (χ2n) is 4.01. The molecule has 2 aromatic rings. The van der Waals surface area contributed by atoms with Crippen LogP contribution in [0.1, 0.15) is 10.4 Å². The first-order chi connectivity index (χ1) is 9.90. The lowest BCUT2D eigenvalue weighted by Gasteiger charge is -2.09. The average molecular weight is 377 g/mol. The van der Waals surface area contributed by atoms with Crippen molar-refractivity contribution in [2.24, 2.45) is 0 Å². The summed E-state index contributed by atoms with van der Waals surface area (Å²) < 4.78 is 26.8. The number of carbonyl (C=O) groups excluding carboxylic acids is 1. The van der Waals surface area contributed by atoms with E-state index in [9.17, 15) is 13.6 Å². The molecular weight excluding hydrogens is 368 g/mol. The molecule has 0 fully saturated rings. The van der Waals surface area contributed by atoms with Crippen molar-refractivity contribution in [3.05, 3.63) is 51.1 Å². The quantitative estimate of drug-likeness (QED) is 0.627. The first-order valence-electron chi connectivity index (χ1n) is 5.72. The molecule has 0 atom stereocenters. The Balaban J connectivity index is 2.30. The first kappa shape index (κ1) is 15.7. The predicted molar refractivity (Wildman–Crippen MR) is 80.8 cm³/mol. The number of rotatable bonds is 3. The number of aromatic nitrogens is 1. The minimum Gasteiger partial charge on any atom is -0.373 e. The van der Waals surface area contributed by atoms with E-state index in [0.29, 0.717) is 11.9 Å². The standard InChI is InChI=1S/C13H9BrClF2N3O/c1-18-12-3-6(2-11(15)20-12)13(21)19-10-4-7(14)8(16)5-9(10)17/h2-5H,1H3,(H,18,20)(H,19,21). The maximum Gasteiger partial charge on any atom is 0.255 e. The van der Waals surface area contributed by atoms with Crippen molar-refractivity contribution in [1.29, 1.82) is 0 Å². The minimum absolute atomic E-state index is 0.0443. The van der Waals surface area contributed by atoms with Gasteiger partial charge in [-0.2, -0.15) is 0 Å². The van der Waals surface area contributed by atoms with Gasteiger partial charge in [-0.15, -0.1) is 0 Å². The Morgan fingerprint density at radius 1 is 1.24 bits per heavy atom. The molecule has 110 valence electrons. The highest BCUT2D eigenvalue weighted by molar-refractivity contribution is 9.10. The Morgan fingerprint density at radius 3 is 2.62 bits per heavy atom. The average Bonchev–Trinajstić information content (AvgIpc) is 2.43. The molecule has 0 bridgehead atoms. The van der Waals surface area contributed by atoms with Crippen LogP contribution in [-0.2, 0) is 0 Å². The first-order valence-corrected chi connectivity index (χ1v) is 6.89. The van der Waals surface area contributed by atoms with Crippen molar-refractivity contribution in [1.82, 2.24) is 4.98 Å². The molecule has 0 unspecified atom stereocenters. The van der Waals surface area contributed by atoms with Crippen molar-refractivity contribution in [3.63, 3.8) is 0 Å². The van der Waals surface area contributed by atoms with Gasteiger partial charge in [0, 0.05) is 18.7 Å². The van der Waals surface area contributed by atoms with Crippen molar-refractivity contribution >= 4 is 44.9 Å². The van der Waals surface area contributed by atoms with E-state index in [1.165, 1.54) is 12.1 Å². The van der Waals surface area contributed by atoms with Crippen molar-refractivity contribution < 1.29 is 13.6 Å². The number of amides is 1. The van der Waals surface area contributed by atoms with Crippen LogP contribution in [0.25, 0.3) is 0 Å². The molecule has 1 aromatic carbocycles. The second-order valence-corrected chi connectivity index (χ2v) is 5.26. The van der Waals surface area contributed by atoms with E-state index in [0.717, 1.165) is 6.07 Å². The van der Waals surface area contributed by atoms with Gasteiger partial charge in [0.05, 0.1) is 10.2 Å². The van der Waals surface area contributed by atoms with Crippen LogP contribution in [0.15, 0.2) is 28.7 Å². The zero-order valence-corrected chi connectivity index (χ0v) is 13.0. The molecule has 8 heteroatoms. The third-order valence-electron chi connectivity index (χ3n) is 2.57. The van der Waals surface area contributed by atoms with Gasteiger partial charge >= 0.3 is 0 Å². The number of anilines is 2. The number of hydrogen-bond acceptors (Lipinski definition) is 3. The van der Waals surface area contributed by atoms with E-state index in [2.05, 4.69) is 31.5 Å². The van der Waals surface area contributed by atoms with E-state index in [1.807, 2.05) is 0 Å². The van der Waals surface area contributed by atoms with Gasteiger partial charge in [0.15, 0.2) is 0 Å². The smallest absolute Gasteiger partial charge is 0.255 e. The van der Waals surface area contributed by atoms with Gasteiger partial charge in [0.1, 0.15) is 22.6 Å². The summed E-state index contributed by atoms with van der Waals surface area (Å²) in [6.07, 6.45) is 0. The molecule has 1 aromatic heterocycles. The van der Waals surface area contributed by atoms with Crippen molar-refractivity contribution in [2.75, 3.05) is 17.7 Å². The molecule has 0 radical (unpaired) electrons. The van der Waals surface area contributed by atoms with Crippen LogP contribution in [0.4, 0.5) is 20.3 Å². The number of nitrogens with zero attached hydrogens (tertiary/aromatic N) is 1. The fraction of sp³-hybridized carbons (Fsp3) is 0.0769. The highest BCUT2D eigenvalue weighted by Gasteiger charge is 2.14. The molecule has 2 rings (SSSR count). The number of carbonyl (C=O) groups is 1. The van der Waals surface area contributed by atoms with Crippen LogP contribution in [0.2, 0.25) is 5.15 Å². The number of halogens is 4. The van der Waals surface area contributed by atoms with Gasteiger partial charge in [-0.1, -0.05) is 11.6 Å². The zero-order chi connectivity index (χ0) is 15.6. The largest absolute Gasteiger partial charge is 0.373 e. The van der Waals surface area contributed by atoms with Crippen LogP contribution in [0.5, 0.6) is 0 Å². The normalized spacial score (nSPS) is 10.3. The summed E-state index contributed by atoms with van der Waals surface area (Å²) in [5.41, 5.74) is 0.0476. The Bertz CT molecular complexity index is 712. The summed E-state index contributed by atoms with van der Waals surface area (Å²) in [4.78, 5) is 16.0.